The molecule has 234 valence electrons. The van der Waals surface area contributed by atoms with E-state index in [1.165, 1.54) is 10.8 Å². The maximum atomic E-state index is 5.13. The van der Waals surface area contributed by atoms with Crippen LogP contribution in [0.25, 0.3) is 89.4 Å². The van der Waals surface area contributed by atoms with Crippen molar-refractivity contribution in [2.45, 2.75) is 0 Å². The monoisotopic (exact) mass is 640 g/mol. The highest BCUT2D eigenvalue weighted by atomic mass is 15.0. The Morgan fingerprint density at radius 2 is 0.960 bits per heavy atom. The third-order valence-corrected chi connectivity index (χ3v) is 8.89. The van der Waals surface area contributed by atoms with Gasteiger partial charge < -0.3 is 0 Å². The van der Waals surface area contributed by atoms with Crippen LogP contribution in [0.15, 0.2) is 170 Å². The first-order chi connectivity index (χ1) is 24.8. The molecule has 0 amide bonds. The minimum atomic E-state index is 0.561. The van der Waals surface area contributed by atoms with Gasteiger partial charge in [-0.25, -0.2) is 19.9 Å². The number of aromatic nitrogens is 6. The lowest BCUT2D eigenvalue weighted by Gasteiger charge is -2.14. The van der Waals surface area contributed by atoms with Crippen molar-refractivity contribution in [2.24, 2.45) is 0 Å². The molecular formula is C44H28N6. The van der Waals surface area contributed by atoms with Crippen molar-refractivity contribution in [2.75, 3.05) is 0 Å². The third-order valence-electron chi connectivity index (χ3n) is 8.89. The van der Waals surface area contributed by atoms with Crippen LogP contribution < -0.4 is 0 Å². The number of pyridine rings is 3. The molecular weight excluding hydrogens is 613 g/mol. The van der Waals surface area contributed by atoms with Crippen LogP contribution in [0.5, 0.6) is 0 Å². The van der Waals surface area contributed by atoms with E-state index >= 15 is 0 Å². The van der Waals surface area contributed by atoms with Crippen molar-refractivity contribution < 1.29 is 0 Å². The molecule has 0 bridgehead atoms. The molecule has 6 heteroatoms. The van der Waals surface area contributed by atoms with Crippen LogP contribution in [0.2, 0.25) is 0 Å². The summed E-state index contributed by atoms with van der Waals surface area (Å²) < 4.78 is 0. The number of hydrogen-bond acceptors (Lipinski definition) is 6. The van der Waals surface area contributed by atoms with Crippen molar-refractivity contribution in [1.82, 2.24) is 29.9 Å². The molecule has 5 aromatic carbocycles. The Hall–Kier alpha value is -6.92. The van der Waals surface area contributed by atoms with Crippen LogP contribution in [0, 0.1) is 0 Å². The fourth-order valence-corrected chi connectivity index (χ4v) is 6.42. The van der Waals surface area contributed by atoms with Crippen molar-refractivity contribution in [3.8, 4) is 67.7 Å². The molecule has 50 heavy (non-hydrogen) atoms. The quantitative estimate of drug-likeness (QED) is 0.168. The molecule has 0 atom stereocenters. The van der Waals surface area contributed by atoms with Crippen LogP contribution in [-0.2, 0) is 0 Å². The standard InChI is InChI=1S/C44H28N6/c1-2-10-31(11-3-1)40-26-38(41-37-16-5-4-9-30(37)21-22-39(41)47-40)34-13-6-12-33(25-34)29-17-19-32(20-18-29)42-48-43(35-14-7-23-45-27-35)50-44(49-42)36-15-8-24-46-28-36/h1-28H. The average Bonchev–Trinajstić information content (AvgIpc) is 3.21. The zero-order valence-corrected chi connectivity index (χ0v) is 26.8. The van der Waals surface area contributed by atoms with Crippen molar-refractivity contribution in [3.05, 3.63) is 170 Å². The highest BCUT2D eigenvalue weighted by Gasteiger charge is 2.15. The van der Waals surface area contributed by atoms with Crippen molar-refractivity contribution in [3.63, 3.8) is 0 Å². The normalized spacial score (nSPS) is 11.2. The van der Waals surface area contributed by atoms with E-state index in [0.717, 1.165) is 61.1 Å². The molecule has 9 aromatic rings. The molecule has 0 aliphatic rings. The smallest absolute Gasteiger partial charge is 0.165 e. The molecule has 0 fully saturated rings. The van der Waals surface area contributed by atoms with Gasteiger partial charge in [0.05, 0.1) is 11.2 Å². The zero-order chi connectivity index (χ0) is 33.3. The largest absolute Gasteiger partial charge is 0.264 e. The van der Waals surface area contributed by atoms with Gasteiger partial charge in [0.2, 0.25) is 0 Å². The SMILES string of the molecule is c1ccc(-c2cc(-c3cccc(-c4ccc(-c5nc(-c6cccnc6)nc(-c6cccnc6)n5)cc4)c3)c3c(ccc4ccccc43)n2)cc1. The van der Waals surface area contributed by atoms with E-state index < -0.39 is 0 Å². The van der Waals surface area contributed by atoms with Gasteiger partial charge in [0.15, 0.2) is 17.5 Å². The predicted octanol–water partition coefficient (Wildman–Crippen LogP) is 10.4. The molecule has 0 aliphatic heterocycles. The first-order valence-electron chi connectivity index (χ1n) is 16.4. The molecule has 6 nitrogen and oxygen atoms in total. The van der Waals surface area contributed by atoms with Crippen LogP contribution >= 0.6 is 0 Å². The Bertz CT molecular complexity index is 2570. The highest BCUT2D eigenvalue weighted by molar-refractivity contribution is 6.14. The summed E-state index contributed by atoms with van der Waals surface area (Å²) in [5.74, 6) is 1.71. The summed E-state index contributed by atoms with van der Waals surface area (Å²) in [7, 11) is 0. The molecule has 0 saturated heterocycles. The summed E-state index contributed by atoms with van der Waals surface area (Å²) in [6.45, 7) is 0. The van der Waals surface area contributed by atoms with Crippen LogP contribution in [0.3, 0.4) is 0 Å². The molecule has 4 aromatic heterocycles. The summed E-state index contributed by atoms with van der Waals surface area (Å²) in [4.78, 5) is 28.1. The first kappa shape index (κ1) is 29.2. The molecule has 0 radical (unpaired) electrons. The summed E-state index contributed by atoms with van der Waals surface area (Å²) in [6, 6.07) is 50.2. The molecule has 0 saturated carbocycles. The van der Waals surface area contributed by atoms with Crippen LogP contribution in [0.1, 0.15) is 0 Å². The van der Waals surface area contributed by atoms with E-state index in [-0.39, 0.29) is 0 Å². The van der Waals surface area contributed by atoms with Gasteiger partial charge in [0.1, 0.15) is 0 Å². The summed E-state index contributed by atoms with van der Waals surface area (Å²) in [6.07, 6.45) is 7.01. The van der Waals surface area contributed by atoms with E-state index in [9.17, 15) is 0 Å². The van der Waals surface area contributed by atoms with E-state index in [0.29, 0.717) is 17.5 Å². The van der Waals surface area contributed by atoms with E-state index in [1.54, 1.807) is 24.8 Å². The Morgan fingerprint density at radius 3 is 1.66 bits per heavy atom. The second kappa shape index (κ2) is 12.6. The third kappa shape index (κ3) is 5.55. The lowest BCUT2D eigenvalue weighted by atomic mass is 9.92. The van der Waals surface area contributed by atoms with Gasteiger partial charge in [-0.15, -0.1) is 0 Å². The zero-order valence-electron chi connectivity index (χ0n) is 26.8. The van der Waals surface area contributed by atoms with Gasteiger partial charge in [-0.05, 0) is 75.5 Å². The molecule has 0 spiro atoms. The molecule has 9 rings (SSSR count). The molecule has 4 heterocycles. The summed E-state index contributed by atoms with van der Waals surface area (Å²) in [5.41, 5.74) is 10.0. The van der Waals surface area contributed by atoms with Gasteiger partial charge in [-0.3, -0.25) is 9.97 Å². The van der Waals surface area contributed by atoms with Gasteiger partial charge >= 0.3 is 0 Å². The van der Waals surface area contributed by atoms with Gasteiger partial charge in [-0.1, -0.05) is 103 Å². The number of nitrogens with zero attached hydrogens (tertiary/aromatic N) is 6. The van der Waals surface area contributed by atoms with Crippen LogP contribution in [0.4, 0.5) is 0 Å². The molecule has 0 unspecified atom stereocenters. The lowest BCUT2D eigenvalue weighted by Crippen LogP contribution is -2.00. The number of fused-ring (bicyclic) bond motifs is 3. The topological polar surface area (TPSA) is 77.3 Å². The molecule has 0 N–H and O–H groups in total. The first-order valence-corrected chi connectivity index (χ1v) is 16.4. The minimum absolute atomic E-state index is 0.561. The Kier molecular flexibility index (Phi) is 7.37. The summed E-state index contributed by atoms with van der Waals surface area (Å²) in [5, 5.41) is 3.54. The van der Waals surface area contributed by atoms with Gasteiger partial charge in [-0.2, -0.15) is 0 Å². The van der Waals surface area contributed by atoms with Gasteiger partial charge in [0, 0.05) is 52.4 Å². The van der Waals surface area contributed by atoms with E-state index in [1.807, 2.05) is 30.3 Å². The van der Waals surface area contributed by atoms with E-state index in [2.05, 4.69) is 125 Å². The second-order valence-corrected chi connectivity index (χ2v) is 12.0. The van der Waals surface area contributed by atoms with Crippen molar-refractivity contribution >= 4 is 21.7 Å². The number of hydrogen-bond donors (Lipinski definition) is 0. The Balaban J connectivity index is 1.13. The van der Waals surface area contributed by atoms with Crippen LogP contribution in [-0.4, -0.2) is 29.9 Å². The van der Waals surface area contributed by atoms with Gasteiger partial charge in [0.25, 0.3) is 0 Å². The number of rotatable bonds is 6. The Morgan fingerprint density at radius 1 is 0.360 bits per heavy atom. The lowest BCUT2D eigenvalue weighted by molar-refractivity contribution is 1.07. The fraction of sp³-hybridized carbons (Fsp3) is 0. The van der Waals surface area contributed by atoms with Crippen molar-refractivity contribution in [1.29, 1.82) is 0 Å². The maximum absolute atomic E-state index is 5.13. The molecule has 0 aliphatic carbocycles. The average molecular weight is 641 g/mol. The maximum Gasteiger partial charge on any atom is 0.165 e. The Labute approximate surface area is 288 Å². The minimum Gasteiger partial charge on any atom is -0.264 e. The van der Waals surface area contributed by atoms with E-state index in [4.69, 9.17) is 19.9 Å². The summed E-state index contributed by atoms with van der Waals surface area (Å²) >= 11 is 0. The fourth-order valence-electron chi connectivity index (χ4n) is 6.42. The number of benzene rings is 5. The second-order valence-electron chi connectivity index (χ2n) is 12.0. The highest BCUT2D eigenvalue weighted by Crippen LogP contribution is 2.38. The predicted molar refractivity (Wildman–Crippen MR) is 201 cm³/mol.